The van der Waals surface area contributed by atoms with Crippen molar-refractivity contribution in [2.24, 2.45) is 11.8 Å². The highest BCUT2D eigenvalue weighted by Crippen LogP contribution is 2.33. The van der Waals surface area contributed by atoms with Crippen molar-refractivity contribution in [3.63, 3.8) is 0 Å². The molecule has 5 unspecified atom stereocenters. The molecule has 4 aliphatic rings. The van der Waals surface area contributed by atoms with E-state index < -0.39 is 0 Å². The Labute approximate surface area is 162 Å². The van der Waals surface area contributed by atoms with Crippen LogP contribution in [0.2, 0.25) is 0 Å². The highest BCUT2D eigenvalue weighted by Gasteiger charge is 2.44. The molecule has 0 aromatic heterocycles. The largest absolute Gasteiger partial charge is 0.453 e. The van der Waals surface area contributed by atoms with Gasteiger partial charge >= 0.3 is 6.09 Å². The SMILES string of the molecule is COC(=O)N1CCC(C2CC(C3CC4C(CN3)CNN4C(C)C)NO2)CC1. The second kappa shape index (κ2) is 8.21. The molecule has 5 atom stereocenters. The quantitative estimate of drug-likeness (QED) is 0.664. The van der Waals surface area contributed by atoms with E-state index >= 15 is 0 Å². The summed E-state index contributed by atoms with van der Waals surface area (Å²) in [6.07, 6.45) is 4.22. The zero-order chi connectivity index (χ0) is 19.0. The first kappa shape index (κ1) is 19.4. The Morgan fingerprint density at radius 3 is 2.59 bits per heavy atom. The predicted molar refractivity (Wildman–Crippen MR) is 102 cm³/mol. The van der Waals surface area contributed by atoms with Crippen LogP contribution in [0.5, 0.6) is 0 Å². The van der Waals surface area contributed by atoms with Gasteiger partial charge in [0.25, 0.3) is 0 Å². The van der Waals surface area contributed by atoms with Crippen molar-refractivity contribution in [1.29, 1.82) is 0 Å². The zero-order valence-electron chi connectivity index (χ0n) is 16.8. The van der Waals surface area contributed by atoms with Crippen LogP contribution in [0.25, 0.3) is 0 Å². The molecule has 4 aliphatic heterocycles. The van der Waals surface area contributed by atoms with E-state index in [1.165, 1.54) is 7.11 Å². The minimum atomic E-state index is -0.211. The van der Waals surface area contributed by atoms with Crippen molar-refractivity contribution in [2.75, 3.05) is 33.3 Å². The maximum absolute atomic E-state index is 11.7. The first-order valence-electron chi connectivity index (χ1n) is 10.6. The van der Waals surface area contributed by atoms with Crippen LogP contribution in [-0.2, 0) is 9.57 Å². The molecule has 4 rings (SSSR count). The molecule has 0 radical (unpaired) electrons. The second-order valence-corrected chi connectivity index (χ2v) is 8.85. The summed E-state index contributed by atoms with van der Waals surface area (Å²) >= 11 is 0. The number of ether oxygens (including phenoxy) is 1. The van der Waals surface area contributed by atoms with Crippen molar-refractivity contribution in [2.45, 2.75) is 69.8 Å². The topological polar surface area (TPSA) is 78.1 Å². The third-order valence-corrected chi connectivity index (χ3v) is 6.97. The molecule has 0 spiro atoms. The first-order valence-corrected chi connectivity index (χ1v) is 10.6. The summed E-state index contributed by atoms with van der Waals surface area (Å²) in [6.45, 7) is 8.22. The Morgan fingerprint density at radius 2 is 1.89 bits per heavy atom. The van der Waals surface area contributed by atoms with Crippen molar-refractivity contribution in [3.8, 4) is 0 Å². The van der Waals surface area contributed by atoms with Crippen molar-refractivity contribution in [1.82, 2.24) is 26.1 Å². The summed E-state index contributed by atoms with van der Waals surface area (Å²) in [7, 11) is 1.45. The summed E-state index contributed by atoms with van der Waals surface area (Å²) in [5, 5.41) is 6.22. The number of fused-ring (bicyclic) bond motifs is 1. The number of hydroxylamine groups is 1. The minimum absolute atomic E-state index is 0.211. The molecule has 27 heavy (non-hydrogen) atoms. The maximum Gasteiger partial charge on any atom is 0.409 e. The molecule has 0 aliphatic carbocycles. The van der Waals surface area contributed by atoms with Crippen LogP contribution < -0.4 is 16.2 Å². The number of nitrogens with zero attached hydrogens (tertiary/aromatic N) is 2. The Kier molecular flexibility index (Phi) is 5.89. The molecule has 0 saturated carbocycles. The van der Waals surface area contributed by atoms with E-state index in [1.807, 2.05) is 0 Å². The average Bonchev–Trinajstić information content (AvgIpc) is 3.34. The van der Waals surface area contributed by atoms with E-state index in [1.54, 1.807) is 4.90 Å². The monoisotopic (exact) mass is 381 g/mol. The lowest BCUT2D eigenvalue weighted by Gasteiger charge is -2.39. The lowest BCUT2D eigenvalue weighted by molar-refractivity contribution is -0.0242. The van der Waals surface area contributed by atoms with Gasteiger partial charge < -0.3 is 15.0 Å². The molecular weight excluding hydrogens is 346 g/mol. The van der Waals surface area contributed by atoms with Gasteiger partial charge in [0.15, 0.2) is 0 Å². The van der Waals surface area contributed by atoms with Crippen molar-refractivity contribution >= 4 is 6.09 Å². The van der Waals surface area contributed by atoms with E-state index in [0.717, 1.165) is 51.9 Å². The summed E-state index contributed by atoms with van der Waals surface area (Å²) < 4.78 is 4.83. The fourth-order valence-corrected chi connectivity index (χ4v) is 5.37. The van der Waals surface area contributed by atoms with Crippen LogP contribution >= 0.6 is 0 Å². The molecule has 0 aromatic rings. The van der Waals surface area contributed by atoms with Gasteiger partial charge in [-0.05, 0) is 45.4 Å². The van der Waals surface area contributed by atoms with E-state index in [2.05, 4.69) is 35.1 Å². The lowest BCUT2D eigenvalue weighted by atomic mass is 9.83. The average molecular weight is 382 g/mol. The first-order chi connectivity index (χ1) is 13.1. The molecule has 3 N–H and O–H groups in total. The van der Waals surface area contributed by atoms with Gasteiger partial charge in [-0.15, -0.1) is 0 Å². The highest BCUT2D eigenvalue weighted by atomic mass is 16.7. The van der Waals surface area contributed by atoms with Gasteiger partial charge in [-0.3, -0.25) is 10.3 Å². The molecule has 0 aromatic carbocycles. The van der Waals surface area contributed by atoms with Crippen LogP contribution in [0, 0.1) is 11.8 Å². The Morgan fingerprint density at radius 1 is 1.11 bits per heavy atom. The fraction of sp³-hybridized carbons (Fsp3) is 0.947. The van der Waals surface area contributed by atoms with Gasteiger partial charge in [0.2, 0.25) is 0 Å². The number of hydrogen-bond donors (Lipinski definition) is 3. The summed E-state index contributed by atoms with van der Waals surface area (Å²) in [5.74, 6) is 1.21. The van der Waals surface area contributed by atoms with Crippen LogP contribution in [0.3, 0.4) is 0 Å². The number of hydrogen-bond acceptors (Lipinski definition) is 7. The molecule has 1 amide bonds. The number of hydrazine groups is 1. The van der Waals surface area contributed by atoms with Crippen LogP contribution in [-0.4, -0.2) is 79.6 Å². The number of rotatable bonds is 3. The lowest BCUT2D eigenvalue weighted by Crippen LogP contribution is -2.56. The van der Waals surface area contributed by atoms with E-state index in [0.29, 0.717) is 36.0 Å². The second-order valence-electron chi connectivity index (χ2n) is 8.85. The molecule has 4 saturated heterocycles. The van der Waals surface area contributed by atoms with E-state index in [4.69, 9.17) is 9.57 Å². The minimum Gasteiger partial charge on any atom is -0.453 e. The standard InChI is InChI=1S/C19H35N5O3/c1-12(2)24-17-8-15(20-10-14(17)11-21-24)16-9-18(27-22-16)13-4-6-23(7-5-13)19(25)26-3/h12-18,20-22H,4-11H2,1-3H3. The third kappa shape index (κ3) is 3.96. The van der Waals surface area contributed by atoms with E-state index in [-0.39, 0.29) is 12.2 Å². The maximum atomic E-state index is 11.7. The van der Waals surface area contributed by atoms with Crippen LogP contribution in [0.1, 0.15) is 39.5 Å². The molecule has 4 heterocycles. The number of piperidine rings is 2. The fourth-order valence-electron chi connectivity index (χ4n) is 5.37. The molecule has 0 bridgehead atoms. The third-order valence-electron chi connectivity index (χ3n) is 6.97. The number of methoxy groups -OCH3 is 1. The predicted octanol–water partition coefficient (Wildman–Crippen LogP) is 0.702. The Bertz CT molecular complexity index is 525. The van der Waals surface area contributed by atoms with Gasteiger partial charge in [0.1, 0.15) is 0 Å². The van der Waals surface area contributed by atoms with Gasteiger partial charge in [-0.1, -0.05) is 0 Å². The van der Waals surface area contributed by atoms with Gasteiger partial charge in [0, 0.05) is 50.2 Å². The number of likely N-dealkylation sites (tertiary alicyclic amines) is 1. The molecular formula is C19H35N5O3. The highest BCUT2D eigenvalue weighted by molar-refractivity contribution is 5.67. The Balaban J connectivity index is 1.28. The van der Waals surface area contributed by atoms with Crippen molar-refractivity contribution < 1.29 is 14.4 Å². The number of carbonyl (C=O) groups excluding carboxylic acids is 1. The van der Waals surface area contributed by atoms with Crippen LogP contribution in [0.4, 0.5) is 4.79 Å². The van der Waals surface area contributed by atoms with Crippen molar-refractivity contribution in [3.05, 3.63) is 0 Å². The number of carbonyl (C=O) groups is 1. The molecule has 8 nitrogen and oxygen atoms in total. The normalized spacial score (nSPS) is 38.4. The smallest absolute Gasteiger partial charge is 0.409 e. The molecule has 4 fully saturated rings. The van der Waals surface area contributed by atoms with E-state index in [9.17, 15) is 4.79 Å². The van der Waals surface area contributed by atoms with Gasteiger partial charge in [0.05, 0.1) is 19.3 Å². The number of amides is 1. The Hall–Kier alpha value is -0.930. The number of nitrogens with one attached hydrogen (secondary N) is 3. The van der Waals surface area contributed by atoms with Gasteiger partial charge in [-0.2, -0.15) is 5.48 Å². The summed E-state index contributed by atoms with van der Waals surface area (Å²) in [4.78, 5) is 19.5. The zero-order valence-corrected chi connectivity index (χ0v) is 16.8. The van der Waals surface area contributed by atoms with Crippen LogP contribution in [0.15, 0.2) is 0 Å². The van der Waals surface area contributed by atoms with Gasteiger partial charge in [-0.25, -0.2) is 9.80 Å². The molecule has 154 valence electrons. The summed E-state index contributed by atoms with van der Waals surface area (Å²) in [6, 6.07) is 1.96. The molecule has 8 heteroatoms. The summed E-state index contributed by atoms with van der Waals surface area (Å²) in [5.41, 5.74) is 6.92.